The third-order valence-corrected chi connectivity index (χ3v) is 3.98. The number of nitrogens with one attached hydrogen (secondary N) is 1. The number of rotatable bonds is 2. The maximum absolute atomic E-state index is 14.2. The summed E-state index contributed by atoms with van der Waals surface area (Å²) in [5.74, 6) is -0.961. The van der Waals surface area contributed by atoms with Gasteiger partial charge in [-0.15, -0.1) is 0 Å². The van der Waals surface area contributed by atoms with Gasteiger partial charge in [0.1, 0.15) is 11.6 Å². The average Bonchev–Trinajstić information content (AvgIpc) is 2.94. The van der Waals surface area contributed by atoms with Gasteiger partial charge in [0.2, 0.25) is 0 Å². The van der Waals surface area contributed by atoms with E-state index in [1.807, 2.05) is 30.3 Å². The van der Waals surface area contributed by atoms with Crippen molar-refractivity contribution in [2.75, 3.05) is 5.32 Å². The fourth-order valence-electron chi connectivity index (χ4n) is 2.74. The minimum absolute atomic E-state index is 0.127. The molecule has 1 aromatic heterocycles. The molecule has 0 aliphatic carbocycles. The lowest BCUT2D eigenvalue weighted by Gasteiger charge is -2.08. The standard InChI is InChI=1S/C17H12BFN2O3/c19-14-7-11-9-24-18(23)13(11)8-12(14)17(22)21-16-6-5-10-3-1-2-4-15(10)20-16/h1-8,23H,9H2,(H,20,21,22). The Morgan fingerprint density at radius 3 is 2.96 bits per heavy atom. The number of amides is 1. The third kappa shape index (κ3) is 2.53. The third-order valence-electron chi connectivity index (χ3n) is 3.98. The maximum atomic E-state index is 14.2. The molecule has 1 amide bonds. The van der Waals surface area contributed by atoms with Crippen molar-refractivity contribution in [2.45, 2.75) is 6.61 Å². The number of benzene rings is 2. The summed E-state index contributed by atoms with van der Waals surface area (Å²) in [6, 6.07) is 13.5. The lowest BCUT2D eigenvalue weighted by Crippen LogP contribution is -2.30. The van der Waals surface area contributed by atoms with Crippen LogP contribution >= 0.6 is 0 Å². The Morgan fingerprint density at radius 1 is 1.25 bits per heavy atom. The van der Waals surface area contributed by atoms with E-state index in [4.69, 9.17) is 4.65 Å². The first-order valence-corrected chi connectivity index (χ1v) is 7.41. The number of aromatic nitrogens is 1. The highest BCUT2D eigenvalue weighted by Gasteiger charge is 2.30. The number of anilines is 1. The molecule has 0 saturated carbocycles. The van der Waals surface area contributed by atoms with Crippen molar-refractivity contribution in [3.05, 3.63) is 65.5 Å². The highest BCUT2D eigenvalue weighted by Crippen LogP contribution is 2.18. The SMILES string of the molecule is O=C(Nc1ccc2ccccc2n1)c1cc2c(cc1F)COB2O. The van der Waals surface area contributed by atoms with Crippen LogP contribution in [0.1, 0.15) is 15.9 Å². The van der Waals surface area contributed by atoms with Crippen LogP contribution in [0.4, 0.5) is 10.2 Å². The summed E-state index contributed by atoms with van der Waals surface area (Å²) in [6.45, 7) is 0.127. The largest absolute Gasteiger partial charge is 0.491 e. The van der Waals surface area contributed by atoms with Gasteiger partial charge in [0.05, 0.1) is 17.7 Å². The van der Waals surface area contributed by atoms with E-state index in [0.29, 0.717) is 16.8 Å². The quantitative estimate of drug-likeness (QED) is 0.706. The first kappa shape index (κ1) is 14.8. The predicted molar refractivity (Wildman–Crippen MR) is 88.5 cm³/mol. The van der Waals surface area contributed by atoms with Crippen molar-refractivity contribution >= 4 is 35.2 Å². The maximum Gasteiger partial charge on any atom is 0.491 e. The van der Waals surface area contributed by atoms with Crippen molar-refractivity contribution in [2.24, 2.45) is 0 Å². The zero-order chi connectivity index (χ0) is 16.7. The monoisotopic (exact) mass is 322 g/mol. The number of halogens is 1. The molecule has 0 atom stereocenters. The normalized spacial score (nSPS) is 13.2. The molecule has 2 heterocycles. The van der Waals surface area contributed by atoms with Gasteiger partial charge in [-0.05, 0) is 41.4 Å². The smallest absolute Gasteiger partial charge is 0.423 e. The Hall–Kier alpha value is -2.77. The molecule has 0 fully saturated rings. The summed E-state index contributed by atoms with van der Waals surface area (Å²) in [5, 5.41) is 13.2. The number of hydrogen-bond acceptors (Lipinski definition) is 4. The molecule has 4 rings (SSSR count). The number of hydrogen-bond donors (Lipinski definition) is 2. The second kappa shape index (κ2) is 5.70. The van der Waals surface area contributed by atoms with E-state index in [0.717, 1.165) is 10.9 Å². The van der Waals surface area contributed by atoms with Crippen molar-refractivity contribution in [3.8, 4) is 0 Å². The molecule has 0 radical (unpaired) electrons. The fraction of sp³-hybridized carbons (Fsp3) is 0.0588. The molecular formula is C17H12BFN2O3. The molecule has 0 unspecified atom stereocenters. The summed E-state index contributed by atoms with van der Waals surface area (Å²) < 4.78 is 19.2. The van der Waals surface area contributed by atoms with Gasteiger partial charge in [0, 0.05) is 5.39 Å². The Labute approximate surface area is 137 Å². The number of pyridine rings is 1. The number of fused-ring (bicyclic) bond motifs is 2. The van der Waals surface area contributed by atoms with E-state index in [1.54, 1.807) is 6.07 Å². The Morgan fingerprint density at radius 2 is 2.08 bits per heavy atom. The van der Waals surface area contributed by atoms with Crippen molar-refractivity contribution < 1.29 is 18.9 Å². The molecule has 1 aliphatic rings. The lowest BCUT2D eigenvalue weighted by atomic mass is 9.78. The molecule has 2 aromatic carbocycles. The van der Waals surface area contributed by atoms with E-state index in [1.165, 1.54) is 12.1 Å². The highest BCUT2D eigenvalue weighted by atomic mass is 19.1. The second-order valence-electron chi connectivity index (χ2n) is 5.54. The molecule has 1 aliphatic heterocycles. The van der Waals surface area contributed by atoms with Crippen LogP contribution in [0.25, 0.3) is 10.9 Å². The van der Waals surface area contributed by atoms with Gasteiger partial charge in [-0.2, -0.15) is 0 Å². The number of carbonyl (C=O) groups is 1. The Bertz CT molecular complexity index is 964. The zero-order valence-corrected chi connectivity index (χ0v) is 12.5. The van der Waals surface area contributed by atoms with E-state index >= 15 is 0 Å². The van der Waals surface area contributed by atoms with Crippen LogP contribution in [-0.2, 0) is 11.3 Å². The summed E-state index contributed by atoms with van der Waals surface area (Å²) in [5.41, 5.74) is 1.52. The first-order valence-electron chi connectivity index (χ1n) is 7.41. The molecule has 2 N–H and O–H groups in total. The molecule has 0 saturated heterocycles. The average molecular weight is 322 g/mol. The van der Waals surface area contributed by atoms with Crippen molar-refractivity contribution in [1.29, 1.82) is 0 Å². The minimum atomic E-state index is -1.13. The van der Waals surface area contributed by atoms with Gasteiger partial charge in [-0.1, -0.05) is 18.2 Å². The molecule has 7 heteroatoms. The van der Waals surface area contributed by atoms with Gasteiger partial charge in [0.15, 0.2) is 0 Å². The summed E-state index contributed by atoms with van der Waals surface area (Å²) in [7, 11) is -1.13. The molecule has 3 aromatic rings. The molecular weight excluding hydrogens is 310 g/mol. The Kier molecular flexibility index (Phi) is 3.52. The molecule has 0 bridgehead atoms. The van der Waals surface area contributed by atoms with Gasteiger partial charge in [0.25, 0.3) is 5.91 Å². The van der Waals surface area contributed by atoms with E-state index < -0.39 is 18.8 Å². The van der Waals surface area contributed by atoms with Gasteiger partial charge in [-0.25, -0.2) is 9.37 Å². The van der Waals surface area contributed by atoms with Gasteiger partial charge >= 0.3 is 7.12 Å². The molecule has 24 heavy (non-hydrogen) atoms. The van der Waals surface area contributed by atoms with Crippen LogP contribution < -0.4 is 10.8 Å². The minimum Gasteiger partial charge on any atom is -0.423 e. The lowest BCUT2D eigenvalue weighted by molar-refractivity contribution is 0.102. The highest BCUT2D eigenvalue weighted by molar-refractivity contribution is 6.61. The van der Waals surface area contributed by atoms with E-state index in [-0.39, 0.29) is 12.2 Å². The van der Waals surface area contributed by atoms with Crippen LogP contribution in [-0.4, -0.2) is 23.0 Å². The van der Waals surface area contributed by atoms with Gasteiger partial charge in [-0.3, -0.25) is 4.79 Å². The zero-order valence-electron chi connectivity index (χ0n) is 12.5. The van der Waals surface area contributed by atoms with Crippen LogP contribution in [0.3, 0.4) is 0 Å². The van der Waals surface area contributed by atoms with E-state index in [2.05, 4.69) is 10.3 Å². The van der Waals surface area contributed by atoms with Gasteiger partial charge < -0.3 is 15.0 Å². The fourth-order valence-corrected chi connectivity index (χ4v) is 2.74. The Balaban J connectivity index is 1.65. The topological polar surface area (TPSA) is 71.5 Å². The number of nitrogens with zero attached hydrogens (tertiary/aromatic N) is 1. The van der Waals surface area contributed by atoms with Crippen LogP contribution in [0.5, 0.6) is 0 Å². The van der Waals surface area contributed by atoms with Crippen molar-refractivity contribution in [1.82, 2.24) is 4.98 Å². The summed E-state index contributed by atoms with van der Waals surface area (Å²) >= 11 is 0. The first-order chi connectivity index (χ1) is 11.6. The van der Waals surface area contributed by atoms with Crippen LogP contribution in [0.2, 0.25) is 0 Å². The summed E-state index contributed by atoms with van der Waals surface area (Å²) in [4.78, 5) is 16.7. The number of para-hydroxylation sites is 1. The van der Waals surface area contributed by atoms with E-state index in [9.17, 15) is 14.2 Å². The summed E-state index contributed by atoms with van der Waals surface area (Å²) in [6.07, 6.45) is 0. The predicted octanol–water partition coefficient (Wildman–Crippen LogP) is 1.84. The molecule has 5 nitrogen and oxygen atoms in total. The second-order valence-corrected chi connectivity index (χ2v) is 5.54. The number of carbonyl (C=O) groups excluding carboxylic acids is 1. The van der Waals surface area contributed by atoms with Crippen LogP contribution in [0, 0.1) is 5.82 Å². The molecule has 0 spiro atoms. The van der Waals surface area contributed by atoms with Crippen LogP contribution in [0.15, 0.2) is 48.5 Å². The van der Waals surface area contributed by atoms with Crippen molar-refractivity contribution in [3.63, 3.8) is 0 Å². The molecule has 118 valence electrons.